The van der Waals surface area contributed by atoms with E-state index in [0.29, 0.717) is 40.9 Å². The molecule has 4 aliphatic rings. The van der Waals surface area contributed by atoms with Crippen molar-refractivity contribution < 1.29 is 43.1 Å². The maximum Gasteiger partial charge on any atom is 0.408 e. The second-order valence-corrected chi connectivity index (χ2v) is 19.9. The second-order valence-electron chi connectivity index (χ2n) is 16.5. The van der Waals surface area contributed by atoms with E-state index in [1.165, 1.54) is 4.90 Å². The average molecular weight is 801 g/mol. The Morgan fingerprint density at radius 2 is 1.75 bits per heavy atom. The number of hydrogen-bond donors (Lipinski definition) is 3. The van der Waals surface area contributed by atoms with Gasteiger partial charge in [-0.15, -0.1) is 0 Å². The molecule has 5 atom stereocenters. The minimum Gasteiger partial charge on any atom is -0.488 e. The van der Waals surface area contributed by atoms with Gasteiger partial charge in [0.2, 0.25) is 11.8 Å². The number of ether oxygens (including phenoxy) is 3. The molecule has 3 N–H and O–H groups in total. The number of carboxylic acid groups (broad SMARTS) is 1. The van der Waals surface area contributed by atoms with Gasteiger partial charge in [0.25, 0.3) is 0 Å². The normalized spacial score (nSPS) is 26.3. The van der Waals surface area contributed by atoms with Crippen molar-refractivity contribution in [3.63, 3.8) is 0 Å². The molecule has 7 rings (SSSR count). The van der Waals surface area contributed by atoms with Crippen LogP contribution in [0, 0.1) is 12.8 Å². The standard InChI is InChI=1S/C43H53N4O9P/c1-27-15-17-28(18-16-27)35-23-38(33-20-19-31(21-36(33)44-35)54-26-57(2,3)53)55-32-22-37-39(48)46-43(41(50)51)24-29(43)11-7-5-4-6-8-14-34(40(49)47(37)25-32)45-42(52)56-30-12-9-10-13-30/h7,11,15-21,23,29-30,32,34,37H,4-6,8-10,12-14,22,24-26H2,1-3H3,(H,45,52)(H,46,48)(H,50,51)/b11-7-. The molecule has 2 aromatic carbocycles. The average Bonchev–Trinajstić information content (AvgIpc) is 3.43. The van der Waals surface area contributed by atoms with Crippen LogP contribution in [0.5, 0.6) is 11.5 Å². The first kappa shape index (κ1) is 40.3. The summed E-state index contributed by atoms with van der Waals surface area (Å²) in [7, 11) is -2.46. The van der Waals surface area contributed by atoms with E-state index in [4.69, 9.17) is 19.2 Å². The largest absolute Gasteiger partial charge is 0.488 e. The molecule has 0 radical (unpaired) electrons. The molecule has 3 heterocycles. The van der Waals surface area contributed by atoms with Crippen LogP contribution in [-0.2, 0) is 23.7 Å². The van der Waals surface area contributed by atoms with Gasteiger partial charge in [-0.2, -0.15) is 0 Å². The van der Waals surface area contributed by atoms with Gasteiger partial charge in [0.05, 0.1) is 17.8 Å². The molecule has 13 nitrogen and oxygen atoms in total. The van der Waals surface area contributed by atoms with Crippen LogP contribution in [0.4, 0.5) is 4.79 Å². The van der Waals surface area contributed by atoms with E-state index in [-0.39, 0.29) is 37.8 Å². The number of benzene rings is 2. The number of allylic oxidation sites excluding steroid dienone is 1. The van der Waals surface area contributed by atoms with Gasteiger partial charge in [-0.3, -0.25) is 9.59 Å². The first-order valence-electron chi connectivity index (χ1n) is 20.1. The van der Waals surface area contributed by atoms with Crippen molar-refractivity contribution in [2.45, 2.75) is 107 Å². The summed E-state index contributed by atoms with van der Waals surface area (Å²) >= 11 is 0. The molecular weight excluding hydrogens is 747 g/mol. The van der Waals surface area contributed by atoms with Crippen LogP contribution in [-0.4, -0.2) is 94.9 Å². The third-order valence-corrected chi connectivity index (χ3v) is 12.2. The summed E-state index contributed by atoms with van der Waals surface area (Å²) in [5, 5.41) is 16.6. The van der Waals surface area contributed by atoms with Crippen LogP contribution in [0.25, 0.3) is 22.2 Å². The number of carbonyl (C=O) groups is 4. The third-order valence-electron chi connectivity index (χ3n) is 11.4. The molecule has 3 amide bonds. The van der Waals surface area contributed by atoms with Crippen LogP contribution in [0.1, 0.15) is 76.2 Å². The first-order chi connectivity index (χ1) is 27.3. The maximum atomic E-state index is 14.6. The summed E-state index contributed by atoms with van der Waals surface area (Å²) in [6.45, 7) is 5.35. The fraction of sp³-hybridized carbons (Fsp3) is 0.512. The van der Waals surface area contributed by atoms with Crippen molar-refractivity contribution in [3.05, 3.63) is 66.2 Å². The summed E-state index contributed by atoms with van der Waals surface area (Å²) in [6.07, 6.45) is 9.64. The number of carbonyl (C=O) groups excluding carboxylic acids is 3. The lowest BCUT2D eigenvalue weighted by Crippen LogP contribution is -2.56. The quantitative estimate of drug-likeness (QED) is 0.151. The van der Waals surface area contributed by atoms with Crippen LogP contribution in [0.15, 0.2) is 60.7 Å². The monoisotopic (exact) mass is 800 g/mol. The van der Waals surface area contributed by atoms with Crippen LogP contribution >= 0.6 is 7.14 Å². The number of alkyl carbamates (subject to hydrolysis) is 1. The number of amides is 3. The van der Waals surface area contributed by atoms with Gasteiger partial charge in [-0.25, -0.2) is 14.6 Å². The maximum absolute atomic E-state index is 14.6. The molecule has 2 saturated carbocycles. The third kappa shape index (κ3) is 9.63. The smallest absolute Gasteiger partial charge is 0.408 e. The molecule has 3 fully saturated rings. The number of nitrogens with one attached hydrogen (secondary N) is 2. The number of aryl methyl sites for hydroxylation is 1. The predicted molar refractivity (Wildman–Crippen MR) is 216 cm³/mol. The van der Waals surface area contributed by atoms with Crippen molar-refractivity contribution in [1.29, 1.82) is 0 Å². The highest BCUT2D eigenvalue weighted by molar-refractivity contribution is 7.62. The van der Waals surface area contributed by atoms with Gasteiger partial charge in [0, 0.05) is 35.4 Å². The van der Waals surface area contributed by atoms with Crippen LogP contribution in [0.3, 0.4) is 0 Å². The van der Waals surface area contributed by atoms with Gasteiger partial charge in [0.1, 0.15) is 54.8 Å². The molecule has 5 unspecified atom stereocenters. The lowest BCUT2D eigenvalue weighted by molar-refractivity contribution is -0.145. The number of fused-ring (bicyclic) bond motifs is 3. The highest BCUT2D eigenvalue weighted by atomic mass is 31.2. The van der Waals surface area contributed by atoms with E-state index in [2.05, 4.69) is 10.6 Å². The van der Waals surface area contributed by atoms with Crippen molar-refractivity contribution in [2.24, 2.45) is 5.92 Å². The molecule has 304 valence electrons. The number of carboxylic acids is 1. The molecule has 1 aromatic heterocycles. The van der Waals surface area contributed by atoms with Crippen molar-refractivity contribution in [1.82, 2.24) is 20.5 Å². The minimum atomic E-state index is -2.46. The molecule has 2 aliphatic heterocycles. The van der Waals surface area contributed by atoms with E-state index in [1.54, 1.807) is 25.5 Å². The zero-order chi connectivity index (χ0) is 40.3. The number of rotatable bonds is 9. The van der Waals surface area contributed by atoms with Crippen molar-refractivity contribution in [2.75, 3.05) is 26.2 Å². The van der Waals surface area contributed by atoms with E-state index >= 15 is 0 Å². The highest BCUT2D eigenvalue weighted by Crippen LogP contribution is 2.46. The van der Waals surface area contributed by atoms with E-state index in [1.807, 2.05) is 55.5 Å². The minimum absolute atomic E-state index is 0.0172. The van der Waals surface area contributed by atoms with E-state index in [9.17, 15) is 28.8 Å². The van der Waals surface area contributed by atoms with Crippen LogP contribution < -0.4 is 20.1 Å². The molecule has 0 bridgehead atoms. The van der Waals surface area contributed by atoms with Crippen molar-refractivity contribution >= 4 is 41.9 Å². The number of nitrogens with zero attached hydrogens (tertiary/aromatic N) is 2. The van der Waals surface area contributed by atoms with Gasteiger partial charge >= 0.3 is 12.1 Å². The molecule has 57 heavy (non-hydrogen) atoms. The molecule has 2 aliphatic carbocycles. The summed E-state index contributed by atoms with van der Waals surface area (Å²) in [5.41, 5.74) is 1.69. The SMILES string of the molecule is Cc1ccc(-c2cc(OC3CC4C(=O)NC5(C(=O)O)CC5/C=C\CCCCCC(NC(=O)OC5CCCC5)C(=O)N4C3)c3ccc(OCP(C)(C)=O)cc3n2)cc1. The van der Waals surface area contributed by atoms with Gasteiger partial charge in [0.15, 0.2) is 0 Å². The Morgan fingerprint density at radius 3 is 2.49 bits per heavy atom. The molecular formula is C43H53N4O9P. The Kier molecular flexibility index (Phi) is 12.0. The zero-order valence-corrected chi connectivity index (χ0v) is 33.8. The zero-order valence-electron chi connectivity index (χ0n) is 32.9. The topological polar surface area (TPSA) is 173 Å². The fourth-order valence-corrected chi connectivity index (χ4v) is 8.59. The Labute approximate surface area is 333 Å². The predicted octanol–water partition coefficient (Wildman–Crippen LogP) is 7.03. The van der Waals surface area contributed by atoms with Crippen LogP contribution in [0.2, 0.25) is 0 Å². The molecule has 3 aromatic rings. The Balaban J connectivity index is 1.21. The molecule has 14 heteroatoms. The summed E-state index contributed by atoms with van der Waals surface area (Å²) < 4.78 is 30.7. The number of aliphatic carboxylic acids is 1. The highest BCUT2D eigenvalue weighted by Gasteiger charge is 2.61. The summed E-state index contributed by atoms with van der Waals surface area (Å²) in [6, 6.07) is 13.1. The van der Waals surface area contributed by atoms with Gasteiger partial charge < -0.3 is 39.4 Å². The van der Waals surface area contributed by atoms with E-state index < -0.39 is 54.7 Å². The first-order valence-corrected chi connectivity index (χ1v) is 22.9. The van der Waals surface area contributed by atoms with Gasteiger partial charge in [-0.1, -0.05) is 54.8 Å². The summed E-state index contributed by atoms with van der Waals surface area (Å²) in [4.78, 5) is 60.9. The van der Waals surface area contributed by atoms with E-state index in [0.717, 1.165) is 56.1 Å². The van der Waals surface area contributed by atoms with Gasteiger partial charge in [-0.05, 0) is 83.8 Å². The lowest BCUT2D eigenvalue weighted by Gasteiger charge is -2.29. The Hall–Kier alpha value is -4.90. The fourth-order valence-electron chi connectivity index (χ4n) is 8.13. The molecule has 0 spiro atoms. The molecule has 1 saturated heterocycles. The number of aromatic nitrogens is 1. The Morgan fingerprint density at radius 1 is 1.00 bits per heavy atom. The summed E-state index contributed by atoms with van der Waals surface area (Å²) in [5.74, 6) is -1.53. The lowest BCUT2D eigenvalue weighted by atomic mass is 10.0. The van der Waals surface area contributed by atoms with Crippen molar-refractivity contribution in [3.8, 4) is 22.8 Å². The number of hydrogen-bond acceptors (Lipinski definition) is 9. The number of pyridine rings is 1. The second kappa shape index (κ2) is 16.9. The Bertz CT molecular complexity index is 2080.